The Morgan fingerprint density at radius 2 is 1.71 bits per heavy atom. The Morgan fingerprint density at radius 1 is 1.14 bits per heavy atom. The topological polar surface area (TPSA) is 89.9 Å². The summed E-state index contributed by atoms with van der Waals surface area (Å²) in [5.74, 6) is -0.442. The minimum atomic E-state index is -3.09. The quantitative estimate of drug-likeness (QED) is 0.428. The molecule has 0 fully saturated rings. The molecule has 0 bridgehead atoms. The van der Waals surface area contributed by atoms with Crippen molar-refractivity contribution in [2.24, 2.45) is 0 Å². The van der Waals surface area contributed by atoms with E-state index in [1.165, 1.54) is 6.55 Å². The number of nitrogens with one attached hydrogen (secondary N) is 1. The molecule has 0 radical (unpaired) electrons. The lowest BCUT2D eigenvalue weighted by molar-refractivity contribution is -0.127. The van der Waals surface area contributed by atoms with Gasteiger partial charge in [0.1, 0.15) is 0 Å². The van der Waals surface area contributed by atoms with E-state index in [4.69, 9.17) is 0 Å². The number of carbonyl (C=O) groups is 2. The lowest BCUT2D eigenvalue weighted by atomic mass is 10.2. The minimum absolute atomic E-state index is 0.196. The van der Waals surface area contributed by atoms with Crippen LogP contribution in [0.2, 0.25) is 12.6 Å². The molecule has 0 saturated carbocycles. The van der Waals surface area contributed by atoms with Crippen LogP contribution < -0.4 is 5.32 Å². The first-order chi connectivity index (χ1) is 9.54. The fourth-order valence-corrected chi connectivity index (χ4v) is 2.47. The molecule has 7 heteroatoms. The van der Waals surface area contributed by atoms with Gasteiger partial charge in [0.15, 0.2) is 0 Å². The van der Waals surface area contributed by atoms with E-state index in [9.17, 15) is 19.2 Å². The van der Waals surface area contributed by atoms with Gasteiger partial charge in [-0.1, -0.05) is 13.2 Å². The van der Waals surface area contributed by atoms with Crippen molar-refractivity contribution in [2.45, 2.75) is 32.9 Å². The van der Waals surface area contributed by atoms with Gasteiger partial charge in [-0.3, -0.25) is 9.59 Å². The molecule has 2 amide bonds. The first kappa shape index (κ1) is 19.6. The third-order valence-electron chi connectivity index (χ3n) is 2.79. The van der Waals surface area contributed by atoms with Gasteiger partial charge in [-0.2, -0.15) is 0 Å². The minimum Gasteiger partial charge on any atom is -0.411 e. The molecule has 0 saturated heterocycles. The molecule has 21 heavy (non-hydrogen) atoms. The molecule has 0 aliphatic rings. The molecule has 0 aromatic heterocycles. The Bertz CT molecular complexity index is 416. The maximum atomic E-state index is 12.0. The summed E-state index contributed by atoms with van der Waals surface area (Å²) in [5, 5.41) is 2.66. The normalized spacial score (nSPS) is 10.9. The van der Waals surface area contributed by atoms with Gasteiger partial charge in [0.05, 0.1) is 0 Å². The van der Waals surface area contributed by atoms with Crippen molar-refractivity contribution < 1.29 is 19.2 Å². The van der Waals surface area contributed by atoms with Crippen LogP contribution in [0.3, 0.4) is 0 Å². The summed E-state index contributed by atoms with van der Waals surface area (Å²) in [5.41, 5.74) is 0.823. The van der Waals surface area contributed by atoms with Crippen LogP contribution in [0.5, 0.6) is 0 Å². The van der Waals surface area contributed by atoms with Gasteiger partial charge >= 0.3 is 8.56 Å². The van der Waals surface area contributed by atoms with Gasteiger partial charge < -0.3 is 19.8 Å². The van der Waals surface area contributed by atoms with Gasteiger partial charge in [-0.05, 0) is 32.9 Å². The van der Waals surface area contributed by atoms with E-state index >= 15 is 0 Å². The smallest absolute Gasteiger partial charge is 0.329 e. The standard InChI is InChI=1S/C14H26N2O4Si/c1-11(2)13(17)15-7-9-16(14(18)12(3)4)8-6-10-21(5,19)20/h19-20H,1,3,6-10H2,2,4-5H3,(H,15,17). The van der Waals surface area contributed by atoms with Crippen LogP contribution in [-0.2, 0) is 9.59 Å². The molecule has 120 valence electrons. The molecule has 0 unspecified atom stereocenters. The van der Waals surface area contributed by atoms with Gasteiger partial charge in [0, 0.05) is 30.8 Å². The Balaban J connectivity index is 4.41. The van der Waals surface area contributed by atoms with E-state index in [2.05, 4.69) is 18.5 Å². The molecule has 0 rings (SSSR count). The predicted octanol–water partition coefficient (Wildman–Crippen LogP) is 0.530. The van der Waals surface area contributed by atoms with E-state index < -0.39 is 8.56 Å². The van der Waals surface area contributed by atoms with Gasteiger partial charge in [0.2, 0.25) is 11.8 Å². The van der Waals surface area contributed by atoms with Crippen molar-refractivity contribution in [3.05, 3.63) is 24.3 Å². The average molecular weight is 314 g/mol. The summed E-state index contributed by atoms with van der Waals surface area (Å²) in [6.07, 6.45) is 0.503. The molecule has 3 N–H and O–H groups in total. The number of carbonyl (C=O) groups excluding carboxylic acids is 2. The predicted molar refractivity (Wildman–Crippen MR) is 84.7 cm³/mol. The van der Waals surface area contributed by atoms with E-state index in [-0.39, 0.29) is 11.8 Å². The Morgan fingerprint density at radius 3 is 2.14 bits per heavy atom. The van der Waals surface area contributed by atoms with Crippen LogP contribution in [0, 0.1) is 0 Å². The zero-order valence-electron chi connectivity index (χ0n) is 13.1. The lowest BCUT2D eigenvalue weighted by Crippen LogP contribution is -2.40. The summed E-state index contributed by atoms with van der Waals surface area (Å²) in [6.45, 7) is 12.9. The molecular formula is C14H26N2O4Si. The number of hydrogen-bond donors (Lipinski definition) is 3. The van der Waals surface area contributed by atoms with Crippen LogP contribution in [0.15, 0.2) is 24.3 Å². The maximum Gasteiger partial charge on any atom is 0.329 e. The monoisotopic (exact) mass is 314 g/mol. The first-order valence-corrected chi connectivity index (χ1v) is 9.48. The molecule has 0 heterocycles. The van der Waals surface area contributed by atoms with Gasteiger partial charge in [-0.25, -0.2) is 0 Å². The summed E-state index contributed by atoms with van der Waals surface area (Å²) in [7, 11) is -3.09. The fourth-order valence-electron chi connectivity index (χ4n) is 1.64. The molecule has 0 atom stereocenters. The van der Waals surface area contributed by atoms with Gasteiger partial charge in [-0.15, -0.1) is 0 Å². The Hall–Kier alpha value is -1.44. The van der Waals surface area contributed by atoms with Crippen molar-refractivity contribution in [1.82, 2.24) is 10.2 Å². The third kappa shape index (κ3) is 9.17. The highest BCUT2D eigenvalue weighted by Gasteiger charge is 2.22. The van der Waals surface area contributed by atoms with Crippen LogP contribution in [0.1, 0.15) is 20.3 Å². The SMILES string of the molecule is C=C(C)C(=O)NCCN(CCC[Si](C)(O)O)C(=O)C(=C)C. The van der Waals surface area contributed by atoms with Crippen molar-refractivity contribution in [3.8, 4) is 0 Å². The fraction of sp³-hybridized carbons (Fsp3) is 0.571. The maximum absolute atomic E-state index is 12.0. The largest absolute Gasteiger partial charge is 0.411 e. The second-order valence-corrected chi connectivity index (χ2v) is 8.36. The number of rotatable bonds is 9. The van der Waals surface area contributed by atoms with Gasteiger partial charge in [0.25, 0.3) is 0 Å². The molecule has 0 spiro atoms. The molecule has 0 aromatic carbocycles. The molecule has 0 aromatic rings. The number of amides is 2. The van der Waals surface area contributed by atoms with E-state index in [1.54, 1.807) is 18.7 Å². The van der Waals surface area contributed by atoms with E-state index in [1.807, 2.05) is 0 Å². The Kier molecular flexibility index (Phi) is 8.16. The third-order valence-corrected chi connectivity index (χ3v) is 4.09. The molecule has 6 nitrogen and oxygen atoms in total. The molecular weight excluding hydrogens is 288 g/mol. The number of nitrogens with zero attached hydrogens (tertiary/aromatic N) is 1. The van der Waals surface area contributed by atoms with Crippen molar-refractivity contribution in [1.29, 1.82) is 0 Å². The number of hydrogen-bond acceptors (Lipinski definition) is 4. The first-order valence-electron chi connectivity index (χ1n) is 6.88. The van der Waals surface area contributed by atoms with Crippen LogP contribution in [-0.4, -0.2) is 54.5 Å². The summed E-state index contributed by atoms with van der Waals surface area (Å²) >= 11 is 0. The molecule has 0 aliphatic heterocycles. The summed E-state index contributed by atoms with van der Waals surface area (Å²) in [6, 6.07) is 0.297. The Labute approximate surface area is 127 Å². The second-order valence-electron chi connectivity index (χ2n) is 5.43. The highest BCUT2D eigenvalue weighted by atomic mass is 28.4. The lowest BCUT2D eigenvalue weighted by Gasteiger charge is -2.24. The van der Waals surface area contributed by atoms with E-state index in [0.717, 1.165) is 0 Å². The van der Waals surface area contributed by atoms with Crippen molar-refractivity contribution in [3.63, 3.8) is 0 Å². The average Bonchev–Trinajstić information content (AvgIpc) is 2.34. The van der Waals surface area contributed by atoms with E-state index in [0.29, 0.717) is 43.2 Å². The van der Waals surface area contributed by atoms with Crippen LogP contribution in [0.25, 0.3) is 0 Å². The summed E-state index contributed by atoms with van der Waals surface area (Å²) < 4.78 is 0. The zero-order valence-corrected chi connectivity index (χ0v) is 14.1. The van der Waals surface area contributed by atoms with Crippen LogP contribution >= 0.6 is 0 Å². The van der Waals surface area contributed by atoms with Crippen LogP contribution in [0.4, 0.5) is 0 Å². The highest BCUT2D eigenvalue weighted by molar-refractivity contribution is 6.63. The summed E-state index contributed by atoms with van der Waals surface area (Å²) in [4.78, 5) is 43.7. The van der Waals surface area contributed by atoms with Crippen molar-refractivity contribution in [2.75, 3.05) is 19.6 Å². The second kappa shape index (κ2) is 8.76. The van der Waals surface area contributed by atoms with Crippen molar-refractivity contribution >= 4 is 20.4 Å². The zero-order chi connectivity index (χ0) is 16.6. The molecule has 0 aliphatic carbocycles. The highest BCUT2D eigenvalue weighted by Crippen LogP contribution is 2.07.